The second-order valence-corrected chi connectivity index (χ2v) is 3.79. The molecule has 0 radical (unpaired) electrons. The van der Waals surface area contributed by atoms with E-state index in [4.69, 9.17) is 21.1 Å². The maximum absolute atomic E-state index is 10.9. The lowest BCUT2D eigenvalue weighted by Crippen LogP contribution is -2.10. The van der Waals surface area contributed by atoms with Crippen LogP contribution in [0.3, 0.4) is 0 Å². The molecule has 0 bridgehead atoms. The van der Waals surface area contributed by atoms with E-state index in [1.54, 1.807) is 0 Å². The average Bonchev–Trinajstić information content (AvgIpc) is 2.27. The maximum atomic E-state index is 10.9. The second-order valence-electron chi connectivity index (χ2n) is 3.45. The summed E-state index contributed by atoms with van der Waals surface area (Å²) in [6.07, 6.45) is 0.901. The molecule has 0 atom stereocenters. The average molecular weight is 276 g/mol. The molecule has 1 rings (SSSR count). The number of hydrogen-bond acceptors (Lipinski definition) is 6. The van der Waals surface area contributed by atoms with Gasteiger partial charge in [0.1, 0.15) is 12.3 Å². The van der Waals surface area contributed by atoms with Crippen LogP contribution in [-0.2, 0) is 4.74 Å². The Morgan fingerprint density at radius 2 is 2.06 bits per heavy atom. The van der Waals surface area contributed by atoms with Gasteiger partial charge in [-0.05, 0) is 24.9 Å². The second kappa shape index (κ2) is 7.07. The van der Waals surface area contributed by atoms with Gasteiger partial charge >= 0.3 is 5.69 Å². The Morgan fingerprint density at radius 3 is 2.67 bits per heavy atom. The zero-order valence-electron chi connectivity index (χ0n) is 10.2. The van der Waals surface area contributed by atoms with E-state index in [0.29, 0.717) is 13.2 Å². The van der Waals surface area contributed by atoms with Crippen LogP contribution >= 0.6 is 11.6 Å². The molecule has 0 amide bonds. The van der Waals surface area contributed by atoms with Crippen LogP contribution in [-0.4, -0.2) is 34.7 Å². The topological polar surface area (TPSA) is 87.4 Å². The summed E-state index contributed by atoms with van der Waals surface area (Å²) in [5, 5.41) is 10.8. The Balaban J connectivity index is 2.71. The minimum atomic E-state index is -0.589. The third kappa shape index (κ3) is 4.08. The molecule has 1 aromatic heterocycles. The van der Waals surface area contributed by atoms with Crippen LogP contribution in [0.25, 0.3) is 0 Å². The van der Waals surface area contributed by atoms with Crippen LogP contribution in [0, 0.1) is 17.0 Å². The van der Waals surface area contributed by atoms with Crippen LogP contribution in [0.4, 0.5) is 5.69 Å². The Morgan fingerprint density at radius 1 is 1.33 bits per heavy atom. The van der Waals surface area contributed by atoms with Gasteiger partial charge in [-0.25, -0.2) is 4.98 Å². The molecule has 0 saturated heterocycles. The van der Waals surface area contributed by atoms with Crippen molar-refractivity contribution in [2.24, 2.45) is 0 Å². The molecule has 0 saturated carbocycles. The van der Waals surface area contributed by atoms with Gasteiger partial charge < -0.3 is 9.47 Å². The van der Waals surface area contributed by atoms with Crippen molar-refractivity contribution in [1.82, 2.24) is 9.97 Å². The van der Waals surface area contributed by atoms with Gasteiger partial charge in [0.05, 0.1) is 11.5 Å². The Bertz CT molecular complexity index is 428. The molecule has 100 valence electrons. The van der Waals surface area contributed by atoms with Gasteiger partial charge in [-0.1, -0.05) is 6.92 Å². The number of aromatic nitrogens is 2. The van der Waals surface area contributed by atoms with Gasteiger partial charge in [-0.2, -0.15) is 4.98 Å². The standard InChI is InChI=1S/C10H14ClN3O4/c1-3-4-17-5-6-18-9-8(14(15)16)7(2)12-10(11)13-9/h3-6H2,1-2H3. The fourth-order valence-electron chi connectivity index (χ4n) is 1.26. The molecule has 0 unspecified atom stereocenters. The van der Waals surface area contributed by atoms with Crippen molar-refractivity contribution in [3.8, 4) is 5.88 Å². The van der Waals surface area contributed by atoms with E-state index < -0.39 is 4.92 Å². The fourth-order valence-corrected chi connectivity index (χ4v) is 1.47. The van der Waals surface area contributed by atoms with Crippen LogP contribution < -0.4 is 4.74 Å². The summed E-state index contributed by atoms with van der Waals surface area (Å²) >= 11 is 5.63. The van der Waals surface area contributed by atoms with Crippen LogP contribution in [0.15, 0.2) is 0 Å². The number of rotatable bonds is 7. The first-order chi connectivity index (χ1) is 8.56. The summed E-state index contributed by atoms with van der Waals surface area (Å²) in [7, 11) is 0. The highest BCUT2D eigenvalue weighted by Crippen LogP contribution is 2.28. The Kier molecular flexibility index (Phi) is 5.73. The predicted octanol–water partition coefficient (Wildman–Crippen LogP) is 2.15. The van der Waals surface area contributed by atoms with Gasteiger partial charge in [0.15, 0.2) is 0 Å². The largest absolute Gasteiger partial charge is 0.470 e. The molecule has 0 aliphatic carbocycles. The smallest absolute Gasteiger partial charge is 0.352 e. The fraction of sp³-hybridized carbons (Fsp3) is 0.600. The first-order valence-electron chi connectivity index (χ1n) is 5.45. The van der Waals surface area contributed by atoms with Gasteiger partial charge in [0.25, 0.3) is 5.88 Å². The van der Waals surface area contributed by atoms with Crippen molar-refractivity contribution in [3.05, 3.63) is 21.1 Å². The number of aryl methyl sites for hydroxylation is 1. The summed E-state index contributed by atoms with van der Waals surface area (Å²) in [6, 6.07) is 0. The first-order valence-corrected chi connectivity index (χ1v) is 5.83. The highest BCUT2D eigenvalue weighted by atomic mass is 35.5. The van der Waals surface area contributed by atoms with E-state index in [2.05, 4.69) is 9.97 Å². The summed E-state index contributed by atoms with van der Waals surface area (Å²) in [5.41, 5.74) is -0.0978. The van der Waals surface area contributed by atoms with E-state index in [9.17, 15) is 10.1 Å². The minimum Gasteiger partial charge on any atom is -0.470 e. The monoisotopic (exact) mass is 275 g/mol. The van der Waals surface area contributed by atoms with E-state index in [-0.39, 0.29) is 29.2 Å². The number of nitro groups is 1. The zero-order chi connectivity index (χ0) is 13.5. The molecule has 1 aromatic rings. The quantitative estimate of drug-likeness (QED) is 0.328. The molecule has 7 nitrogen and oxygen atoms in total. The van der Waals surface area contributed by atoms with Gasteiger partial charge in [-0.15, -0.1) is 0 Å². The summed E-state index contributed by atoms with van der Waals surface area (Å²) in [4.78, 5) is 17.7. The lowest BCUT2D eigenvalue weighted by Gasteiger charge is -2.07. The molecule has 0 aliphatic rings. The molecular weight excluding hydrogens is 262 g/mol. The van der Waals surface area contributed by atoms with E-state index >= 15 is 0 Å². The maximum Gasteiger partial charge on any atom is 0.352 e. The zero-order valence-corrected chi connectivity index (χ0v) is 10.9. The number of ether oxygens (including phenoxy) is 2. The molecule has 8 heteroatoms. The van der Waals surface area contributed by atoms with Crippen molar-refractivity contribution < 1.29 is 14.4 Å². The lowest BCUT2D eigenvalue weighted by molar-refractivity contribution is -0.387. The highest BCUT2D eigenvalue weighted by molar-refractivity contribution is 6.28. The third-order valence-electron chi connectivity index (χ3n) is 2.00. The normalized spacial score (nSPS) is 10.4. The minimum absolute atomic E-state index is 0.0809. The van der Waals surface area contributed by atoms with Crippen molar-refractivity contribution in [2.45, 2.75) is 20.3 Å². The van der Waals surface area contributed by atoms with Crippen LogP contribution in [0.5, 0.6) is 5.88 Å². The number of nitrogens with zero attached hydrogens (tertiary/aromatic N) is 3. The van der Waals surface area contributed by atoms with Crippen LogP contribution in [0.1, 0.15) is 19.0 Å². The summed E-state index contributed by atoms with van der Waals surface area (Å²) in [6.45, 7) is 4.60. The molecule has 0 aromatic carbocycles. The van der Waals surface area contributed by atoms with Crippen molar-refractivity contribution in [3.63, 3.8) is 0 Å². The molecule has 0 spiro atoms. The van der Waals surface area contributed by atoms with E-state index in [1.165, 1.54) is 6.92 Å². The molecule has 1 heterocycles. The first kappa shape index (κ1) is 14.6. The van der Waals surface area contributed by atoms with Crippen molar-refractivity contribution in [2.75, 3.05) is 19.8 Å². The number of halogens is 1. The molecule has 0 fully saturated rings. The molecular formula is C10H14ClN3O4. The Hall–Kier alpha value is -1.47. The third-order valence-corrected chi connectivity index (χ3v) is 2.17. The summed E-state index contributed by atoms with van der Waals surface area (Å²) < 4.78 is 10.4. The highest BCUT2D eigenvalue weighted by Gasteiger charge is 2.23. The predicted molar refractivity (Wildman–Crippen MR) is 65.0 cm³/mol. The van der Waals surface area contributed by atoms with Gasteiger partial charge in [-0.3, -0.25) is 10.1 Å². The van der Waals surface area contributed by atoms with Gasteiger partial charge in [0.2, 0.25) is 5.28 Å². The molecule has 0 N–H and O–H groups in total. The van der Waals surface area contributed by atoms with Gasteiger partial charge in [0, 0.05) is 6.61 Å². The van der Waals surface area contributed by atoms with Crippen molar-refractivity contribution in [1.29, 1.82) is 0 Å². The Labute approximate surface area is 109 Å². The van der Waals surface area contributed by atoms with E-state index in [1.807, 2.05) is 6.92 Å². The molecule has 18 heavy (non-hydrogen) atoms. The van der Waals surface area contributed by atoms with Crippen molar-refractivity contribution >= 4 is 17.3 Å². The van der Waals surface area contributed by atoms with Crippen LogP contribution in [0.2, 0.25) is 5.28 Å². The SMILES string of the molecule is CCCOCCOc1nc(Cl)nc(C)c1[N+](=O)[O-]. The lowest BCUT2D eigenvalue weighted by atomic mass is 10.4. The number of hydrogen-bond donors (Lipinski definition) is 0. The molecule has 0 aliphatic heterocycles. The summed E-state index contributed by atoms with van der Waals surface area (Å²) in [5.74, 6) is -0.127. The van der Waals surface area contributed by atoms with E-state index in [0.717, 1.165) is 6.42 Å².